The lowest BCUT2D eigenvalue weighted by molar-refractivity contribution is -0.332. The second-order valence-electron chi connectivity index (χ2n) is 4.26. The van der Waals surface area contributed by atoms with Crippen molar-refractivity contribution in [3.8, 4) is 0 Å². The zero-order valence-corrected chi connectivity index (χ0v) is 11.8. The predicted octanol–water partition coefficient (Wildman–Crippen LogP) is 1.61. The molecule has 2 rings (SSSR count). The first-order chi connectivity index (χ1) is 10.7. The molecule has 124 valence electrons. The third-order valence-electron chi connectivity index (χ3n) is 2.88. The highest BCUT2D eigenvalue weighted by molar-refractivity contribution is 5.98. The van der Waals surface area contributed by atoms with E-state index in [2.05, 4.69) is 24.2 Å². The Hall–Kier alpha value is -2.78. The molecule has 0 bridgehead atoms. The number of hydrogen-bond acceptors (Lipinski definition) is 7. The molecule has 0 aliphatic carbocycles. The highest BCUT2D eigenvalue weighted by atomic mass is 19.4. The van der Waals surface area contributed by atoms with Gasteiger partial charge < -0.3 is 19.0 Å². The summed E-state index contributed by atoms with van der Waals surface area (Å²) in [5.41, 5.74) is 0.235. The SMILES string of the molecule is COC(=O)c1ccc(C2=NOC(C(=O)OC)(C(F)(F)F)O2)cc1. The molecule has 0 saturated carbocycles. The second kappa shape index (κ2) is 5.78. The number of ether oxygens (including phenoxy) is 3. The number of oxime groups is 1. The fraction of sp³-hybridized carbons (Fsp3) is 0.308. The molecule has 0 amide bonds. The average molecular weight is 333 g/mol. The first kappa shape index (κ1) is 16.6. The maximum absolute atomic E-state index is 13.1. The van der Waals surface area contributed by atoms with Crippen LogP contribution in [0.3, 0.4) is 0 Å². The van der Waals surface area contributed by atoms with Gasteiger partial charge in [0.1, 0.15) is 0 Å². The zero-order chi connectivity index (χ0) is 17.3. The van der Waals surface area contributed by atoms with E-state index in [1.807, 2.05) is 0 Å². The number of alkyl halides is 3. The molecule has 1 aromatic rings. The molecule has 0 saturated heterocycles. The quantitative estimate of drug-likeness (QED) is 0.782. The van der Waals surface area contributed by atoms with Crippen molar-refractivity contribution in [3.63, 3.8) is 0 Å². The number of rotatable bonds is 3. The monoisotopic (exact) mass is 333 g/mol. The van der Waals surface area contributed by atoms with Gasteiger partial charge >= 0.3 is 23.9 Å². The van der Waals surface area contributed by atoms with Crippen LogP contribution in [0.25, 0.3) is 0 Å². The van der Waals surface area contributed by atoms with E-state index in [1.165, 1.54) is 31.4 Å². The van der Waals surface area contributed by atoms with E-state index in [0.717, 1.165) is 7.11 Å². The standard InChI is InChI=1S/C13H10F3NO6/c1-20-10(18)8-5-3-7(4-6-8)9-17-23-12(22-9,11(19)21-2)13(14,15)16/h3-6H,1-2H3. The summed E-state index contributed by atoms with van der Waals surface area (Å²) in [5.74, 6) is -6.65. The van der Waals surface area contributed by atoms with Crippen LogP contribution in [0.4, 0.5) is 13.2 Å². The summed E-state index contributed by atoms with van der Waals surface area (Å²) >= 11 is 0. The van der Waals surface area contributed by atoms with Crippen molar-refractivity contribution in [2.24, 2.45) is 5.16 Å². The molecule has 0 aromatic heterocycles. The normalized spacial score (nSPS) is 20.1. The van der Waals surface area contributed by atoms with E-state index in [-0.39, 0.29) is 11.1 Å². The van der Waals surface area contributed by atoms with Gasteiger partial charge in [-0.25, -0.2) is 9.59 Å². The van der Waals surface area contributed by atoms with Gasteiger partial charge in [0.2, 0.25) is 0 Å². The third-order valence-corrected chi connectivity index (χ3v) is 2.88. The summed E-state index contributed by atoms with van der Waals surface area (Å²) in [4.78, 5) is 26.9. The van der Waals surface area contributed by atoms with E-state index >= 15 is 0 Å². The average Bonchev–Trinajstić information content (AvgIpc) is 3.00. The van der Waals surface area contributed by atoms with Gasteiger partial charge in [-0.1, -0.05) is 0 Å². The van der Waals surface area contributed by atoms with Gasteiger partial charge in [-0.3, -0.25) is 0 Å². The van der Waals surface area contributed by atoms with E-state index in [1.54, 1.807) is 0 Å². The van der Waals surface area contributed by atoms with Crippen molar-refractivity contribution in [3.05, 3.63) is 35.4 Å². The van der Waals surface area contributed by atoms with E-state index < -0.39 is 29.8 Å². The van der Waals surface area contributed by atoms with Gasteiger partial charge in [-0.05, 0) is 29.4 Å². The molecule has 23 heavy (non-hydrogen) atoms. The van der Waals surface area contributed by atoms with Crippen LogP contribution < -0.4 is 0 Å². The lowest BCUT2D eigenvalue weighted by Gasteiger charge is -2.24. The fourth-order valence-corrected chi connectivity index (χ4v) is 1.70. The highest BCUT2D eigenvalue weighted by Gasteiger charge is 2.71. The van der Waals surface area contributed by atoms with Gasteiger partial charge in [0.25, 0.3) is 5.90 Å². The molecule has 10 heteroatoms. The first-order valence-electron chi connectivity index (χ1n) is 6.04. The number of nitrogens with zero attached hydrogens (tertiary/aromatic N) is 1. The lowest BCUT2D eigenvalue weighted by atomic mass is 10.1. The van der Waals surface area contributed by atoms with Gasteiger partial charge in [0.05, 0.1) is 19.8 Å². The van der Waals surface area contributed by atoms with Crippen LogP contribution in [-0.4, -0.2) is 44.0 Å². The molecule has 1 atom stereocenters. The maximum Gasteiger partial charge on any atom is 0.482 e. The minimum absolute atomic E-state index is 0.0627. The van der Waals surface area contributed by atoms with Crippen LogP contribution in [-0.2, 0) is 23.8 Å². The minimum atomic E-state index is -5.21. The Morgan fingerprint density at radius 3 is 2.22 bits per heavy atom. The molecule has 0 spiro atoms. The largest absolute Gasteiger partial charge is 0.482 e. The Bertz CT molecular complexity index is 655. The summed E-state index contributed by atoms with van der Waals surface area (Å²) in [6.45, 7) is 0. The number of hydrogen-bond donors (Lipinski definition) is 0. The van der Waals surface area contributed by atoms with Gasteiger partial charge in [0, 0.05) is 5.56 Å². The molecule has 1 aliphatic rings. The van der Waals surface area contributed by atoms with E-state index in [4.69, 9.17) is 0 Å². The zero-order valence-electron chi connectivity index (χ0n) is 11.8. The van der Waals surface area contributed by atoms with Crippen LogP contribution >= 0.6 is 0 Å². The molecule has 0 radical (unpaired) electrons. The fourth-order valence-electron chi connectivity index (χ4n) is 1.70. The number of methoxy groups -OCH3 is 2. The van der Waals surface area contributed by atoms with E-state index in [0.29, 0.717) is 0 Å². The van der Waals surface area contributed by atoms with Crippen molar-refractivity contribution in [2.45, 2.75) is 12.0 Å². The second-order valence-corrected chi connectivity index (χ2v) is 4.26. The lowest BCUT2D eigenvalue weighted by Crippen LogP contribution is -2.54. The molecular weight excluding hydrogens is 323 g/mol. The van der Waals surface area contributed by atoms with Crippen LogP contribution in [0.2, 0.25) is 0 Å². The van der Waals surface area contributed by atoms with Crippen molar-refractivity contribution in [1.29, 1.82) is 0 Å². The third kappa shape index (κ3) is 2.79. The molecule has 1 aliphatic heterocycles. The molecule has 1 unspecified atom stereocenters. The van der Waals surface area contributed by atoms with Crippen molar-refractivity contribution < 1.29 is 41.8 Å². The molecule has 0 fully saturated rings. The Labute approximate surface area is 127 Å². The predicted molar refractivity (Wildman–Crippen MR) is 67.3 cm³/mol. The number of halogens is 3. The smallest absolute Gasteiger partial charge is 0.465 e. The van der Waals surface area contributed by atoms with Crippen molar-refractivity contribution in [2.75, 3.05) is 14.2 Å². The molecule has 7 nitrogen and oxygen atoms in total. The van der Waals surface area contributed by atoms with Crippen molar-refractivity contribution >= 4 is 17.8 Å². The highest BCUT2D eigenvalue weighted by Crippen LogP contribution is 2.40. The minimum Gasteiger partial charge on any atom is -0.465 e. The summed E-state index contributed by atoms with van der Waals surface area (Å²) in [6.07, 6.45) is -5.21. The van der Waals surface area contributed by atoms with Gasteiger partial charge in [0.15, 0.2) is 0 Å². The number of carbonyl (C=O) groups excluding carboxylic acids is 2. The molecular formula is C13H10F3NO6. The number of esters is 2. The van der Waals surface area contributed by atoms with Crippen LogP contribution in [0.15, 0.2) is 29.4 Å². The van der Waals surface area contributed by atoms with Gasteiger partial charge in [-0.2, -0.15) is 13.2 Å². The Morgan fingerprint density at radius 1 is 1.13 bits per heavy atom. The van der Waals surface area contributed by atoms with Gasteiger partial charge in [-0.15, -0.1) is 0 Å². The Morgan fingerprint density at radius 2 is 1.74 bits per heavy atom. The summed E-state index contributed by atoms with van der Waals surface area (Å²) in [6, 6.07) is 5.11. The van der Waals surface area contributed by atoms with E-state index in [9.17, 15) is 22.8 Å². The summed E-state index contributed by atoms with van der Waals surface area (Å²) in [5, 5.41) is 3.15. The molecule has 1 heterocycles. The maximum atomic E-state index is 13.1. The van der Waals surface area contributed by atoms with Crippen molar-refractivity contribution in [1.82, 2.24) is 0 Å². The topological polar surface area (TPSA) is 83.4 Å². The number of benzene rings is 1. The van der Waals surface area contributed by atoms with Crippen LogP contribution in [0, 0.1) is 0 Å². The summed E-state index contributed by atoms with van der Waals surface area (Å²) < 4.78 is 52.4. The first-order valence-corrected chi connectivity index (χ1v) is 6.04. The number of carbonyl (C=O) groups is 2. The molecule has 1 aromatic carbocycles. The summed E-state index contributed by atoms with van der Waals surface area (Å²) in [7, 11) is 1.94. The molecule has 0 N–H and O–H groups in total. The van der Waals surface area contributed by atoms with Crippen LogP contribution in [0.5, 0.6) is 0 Å². The van der Waals surface area contributed by atoms with Crippen LogP contribution in [0.1, 0.15) is 15.9 Å². The Kier molecular flexibility index (Phi) is 4.17. The Balaban J connectivity index is 2.27.